The Balaban J connectivity index is 2.32. The Morgan fingerprint density at radius 3 is 2.80 bits per heavy atom. The number of aromatic carboxylic acids is 1. The van der Waals surface area contributed by atoms with E-state index in [0.717, 1.165) is 20.9 Å². The van der Waals surface area contributed by atoms with Crippen LogP contribution in [0, 0.1) is 6.92 Å². The summed E-state index contributed by atoms with van der Waals surface area (Å²) in [4.78, 5) is 11.9. The van der Waals surface area contributed by atoms with Gasteiger partial charge in [0.1, 0.15) is 5.56 Å². The molecule has 0 aliphatic heterocycles. The summed E-state index contributed by atoms with van der Waals surface area (Å²) in [5.41, 5.74) is 0.639. The molecule has 2 rings (SSSR count). The summed E-state index contributed by atoms with van der Waals surface area (Å²) in [7, 11) is -2.52. The van der Waals surface area contributed by atoms with Crippen LogP contribution in [-0.2, 0) is 16.6 Å². The first-order valence-electron chi connectivity index (χ1n) is 5.60. The van der Waals surface area contributed by atoms with Gasteiger partial charge in [-0.15, -0.1) is 11.3 Å². The van der Waals surface area contributed by atoms with Crippen LogP contribution in [0.1, 0.15) is 20.8 Å². The molecule has 7 nitrogen and oxygen atoms in total. The number of aromatic nitrogens is 2. The number of aryl methyl sites for hydroxylation is 1. The lowest BCUT2D eigenvalue weighted by molar-refractivity contribution is 0.0692. The number of sulfonamides is 1. The molecule has 0 saturated heterocycles. The summed E-state index contributed by atoms with van der Waals surface area (Å²) >= 11 is 1.45. The van der Waals surface area contributed by atoms with E-state index in [1.54, 1.807) is 0 Å². The number of rotatable bonds is 5. The minimum Gasteiger partial charge on any atom is -0.478 e. The number of aromatic amines is 1. The largest absolute Gasteiger partial charge is 0.478 e. The zero-order valence-corrected chi connectivity index (χ0v) is 12.5. The maximum atomic E-state index is 12.4. The fraction of sp³-hybridized carbons (Fsp3) is 0.273. The van der Waals surface area contributed by atoms with Crippen molar-refractivity contribution in [2.45, 2.75) is 18.5 Å². The normalized spacial score (nSPS) is 11.9. The Morgan fingerprint density at radius 2 is 2.25 bits per heavy atom. The minimum absolute atomic E-state index is 0.184. The number of thiophene rings is 1. The van der Waals surface area contributed by atoms with Gasteiger partial charge in [0, 0.05) is 18.5 Å². The van der Waals surface area contributed by atoms with Crippen molar-refractivity contribution >= 4 is 27.3 Å². The van der Waals surface area contributed by atoms with Crippen molar-refractivity contribution in [3.05, 3.63) is 33.6 Å². The Kier molecular flexibility index (Phi) is 3.93. The maximum absolute atomic E-state index is 12.4. The van der Waals surface area contributed by atoms with Gasteiger partial charge < -0.3 is 5.11 Å². The Hall–Kier alpha value is -1.71. The van der Waals surface area contributed by atoms with Crippen LogP contribution < -0.4 is 0 Å². The third-order valence-electron chi connectivity index (χ3n) is 2.84. The van der Waals surface area contributed by atoms with E-state index in [-0.39, 0.29) is 12.1 Å². The molecule has 0 spiro atoms. The Labute approximate surface area is 119 Å². The van der Waals surface area contributed by atoms with E-state index in [1.165, 1.54) is 18.4 Å². The van der Waals surface area contributed by atoms with E-state index in [9.17, 15) is 13.2 Å². The van der Waals surface area contributed by atoms with Gasteiger partial charge in [-0.1, -0.05) is 0 Å². The zero-order valence-electron chi connectivity index (χ0n) is 10.8. The molecule has 0 aromatic carbocycles. The molecule has 0 atom stereocenters. The average Bonchev–Trinajstić information content (AvgIpc) is 2.99. The van der Waals surface area contributed by atoms with E-state index in [4.69, 9.17) is 5.11 Å². The van der Waals surface area contributed by atoms with Gasteiger partial charge in [-0.05, 0) is 23.9 Å². The molecule has 0 fully saturated rings. The van der Waals surface area contributed by atoms with Crippen molar-refractivity contribution in [2.24, 2.45) is 0 Å². The van der Waals surface area contributed by atoms with E-state index in [1.807, 2.05) is 18.4 Å². The smallest absolute Gasteiger partial charge is 0.340 e. The van der Waals surface area contributed by atoms with Gasteiger partial charge in [-0.3, -0.25) is 5.10 Å². The predicted molar refractivity (Wildman–Crippen MR) is 73.3 cm³/mol. The lowest BCUT2D eigenvalue weighted by Crippen LogP contribution is -2.28. The van der Waals surface area contributed by atoms with Crippen LogP contribution in [0.2, 0.25) is 0 Å². The number of hydrogen-bond acceptors (Lipinski definition) is 5. The lowest BCUT2D eigenvalue weighted by Gasteiger charge is -2.16. The second-order valence-corrected chi connectivity index (χ2v) is 7.19. The van der Waals surface area contributed by atoms with Gasteiger partial charge in [-0.2, -0.15) is 9.40 Å². The fourth-order valence-corrected chi connectivity index (χ4v) is 3.87. The highest BCUT2D eigenvalue weighted by atomic mass is 32.2. The molecule has 0 aliphatic carbocycles. The van der Waals surface area contributed by atoms with Gasteiger partial charge in [0.2, 0.25) is 0 Å². The SMILES string of the molecule is Cc1ccsc1CN(C)S(=O)(=O)c1[nH]ncc1C(=O)O. The quantitative estimate of drug-likeness (QED) is 0.865. The molecule has 0 bridgehead atoms. The lowest BCUT2D eigenvalue weighted by atomic mass is 10.3. The summed E-state index contributed by atoms with van der Waals surface area (Å²) in [6.07, 6.45) is 0.986. The summed E-state index contributed by atoms with van der Waals surface area (Å²) in [5.74, 6) is -1.34. The second kappa shape index (κ2) is 5.35. The molecule has 2 aromatic rings. The van der Waals surface area contributed by atoms with Crippen molar-refractivity contribution in [2.75, 3.05) is 7.05 Å². The van der Waals surface area contributed by atoms with E-state index >= 15 is 0 Å². The number of nitrogens with one attached hydrogen (secondary N) is 1. The van der Waals surface area contributed by atoms with E-state index in [0.29, 0.717) is 0 Å². The second-order valence-electron chi connectivity index (χ2n) is 4.21. The van der Waals surface area contributed by atoms with Crippen molar-refractivity contribution in [3.63, 3.8) is 0 Å². The Bertz CT molecular complexity index is 732. The number of hydrogen-bond donors (Lipinski definition) is 2. The Morgan fingerprint density at radius 1 is 1.55 bits per heavy atom. The summed E-state index contributed by atoms with van der Waals surface area (Å²) in [6, 6.07) is 1.90. The molecule has 2 aromatic heterocycles. The van der Waals surface area contributed by atoms with Gasteiger partial charge >= 0.3 is 5.97 Å². The summed E-state index contributed by atoms with van der Waals surface area (Å²) in [6.45, 7) is 2.08. The molecule has 2 N–H and O–H groups in total. The molecule has 9 heteroatoms. The molecular formula is C11H13N3O4S2. The number of nitrogens with zero attached hydrogens (tertiary/aromatic N) is 2. The number of carboxylic acid groups (broad SMARTS) is 1. The number of carboxylic acids is 1. The van der Waals surface area contributed by atoms with Crippen LogP contribution in [0.15, 0.2) is 22.7 Å². The predicted octanol–water partition coefficient (Wildman–Crippen LogP) is 1.30. The van der Waals surface area contributed by atoms with E-state index < -0.39 is 21.0 Å². The van der Waals surface area contributed by atoms with Crippen LogP contribution in [0.3, 0.4) is 0 Å². The van der Waals surface area contributed by atoms with Crippen molar-refractivity contribution in [3.8, 4) is 0 Å². The highest BCUT2D eigenvalue weighted by Gasteiger charge is 2.29. The molecule has 108 valence electrons. The molecule has 2 heterocycles. The first-order chi connectivity index (χ1) is 9.34. The fourth-order valence-electron chi connectivity index (χ4n) is 1.63. The van der Waals surface area contributed by atoms with Crippen molar-refractivity contribution in [1.29, 1.82) is 0 Å². The zero-order chi connectivity index (χ0) is 14.9. The standard InChI is InChI=1S/C11H13N3O4S2/c1-7-3-4-19-9(7)6-14(2)20(17,18)10-8(11(15)16)5-12-13-10/h3-5H,6H2,1-2H3,(H,12,13)(H,15,16). The summed E-state index contributed by atoms with van der Waals surface area (Å²) < 4.78 is 25.8. The molecule has 0 radical (unpaired) electrons. The topological polar surface area (TPSA) is 103 Å². The molecular weight excluding hydrogens is 302 g/mol. The van der Waals surface area contributed by atoms with Crippen LogP contribution in [0.4, 0.5) is 0 Å². The third-order valence-corrected chi connectivity index (χ3v) is 5.62. The molecule has 20 heavy (non-hydrogen) atoms. The van der Waals surface area contributed by atoms with E-state index in [2.05, 4.69) is 10.2 Å². The van der Waals surface area contributed by atoms with Crippen LogP contribution in [0.5, 0.6) is 0 Å². The summed E-state index contributed by atoms with van der Waals surface area (Å²) in [5, 5.41) is 16.2. The van der Waals surface area contributed by atoms with Gasteiger partial charge in [-0.25, -0.2) is 13.2 Å². The van der Waals surface area contributed by atoms with Crippen LogP contribution in [-0.4, -0.2) is 41.0 Å². The molecule has 0 amide bonds. The van der Waals surface area contributed by atoms with Gasteiger partial charge in [0.25, 0.3) is 10.0 Å². The van der Waals surface area contributed by atoms with Gasteiger partial charge in [0.05, 0.1) is 6.20 Å². The highest BCUT2D eigenvalue weighted by Crippen LogP contribution is 2.22. The number of H-pyrrole nitrogens is 1. The highest BCUT2D eigenvalue weighted by molar-refractivity contribution is 7.89. The van der Waals surface area contributed by atoms with Crippen LogP contribution >= 0.6 is 11.3 Å². The third kappa shape index (κ3) is 2.60. The molecule has 0 unspecified atom stereocenters. The van der Waals surface area contributed by atoms with Crippen LogP contribution in [0.25, 0.3) is 0 Å². The minimum atomic E-state index is -3.92. The number of carbonyl (C=O) groups is 1. The first kappa shape index (κ1) is 14.7. The monoisotopic (exact) mass is 315 g/mol. The van der Waals surface area contributed by atoms with Gasteiger partial charge in [0.15, 0.2) is 5.03 Å². The maximum Gasteiger partial charge on any atom is 0.340 e. The average molecular weight is 315 g/mol. The first-order valence-corrected chi connectivity index (χ1v) is 7.92. The van der Waals surface area contributed by atoms with Crippen molar-refractivity contribution in [1.82, 2.24) is 14.5 Å². The van der Waals surface area contributed by atoms with Crippen molar-refractivity contribution < 1.29 is 18.3 Å². The molecule has 0 saturated carbocycles. The molecule has 0 aliphatic rings.